The number of ether oxygens (including phenoxy) is 1. The third-order valence-electron chi connectivity index (χ3n) is 2.70. The van der Waals surface area contributed by atoms with E-state index in [1.165, 1.54) is 5.56 Å². The Morgan fingerprint density at radius 2 is 1.71 bits per heavy atom. The quantitative estimate of drug-likeness (QED) is 0.269. The Morgan fingerprint density at radius 3 is 2.24 bits per heavy atom. The lowest BCUT2D eigenvalue weighted by atomic mass is 10.2. The van der Waals surface area contributed by atoms with Crippen LogP contribution in [0.4, 0.5) is 5.69 Å². The van der Waals surface area contributed by atoms with Crippen molar-refractivity contribution in [2.24, 2.45) is 4.99 Å². The standard InChI is InChI=1S/C15H26N4O.HI/c1-4-16-15(17-5-2)19-12-13-6-8-14(9-7-13)18-10-11-20-3;/h6-9,18H,4-5,10-12H2,1-3H3,(H2,16,17,19);1H. The number of nitrogens with zero attached hydrogens (tertiary/aromatic N) is 1. The third kappa shape index (κ3) is 8.77. The molecule has 0 aliphatic rings. The second-order valence-electron chi connectivity index (χ2n) is 4.34. The molecule has 0 atom stereocenters. The van der Waals surface area contributed by atoms with Crippen molar-refractivity contribution in [3.63, 3.8) is 0 Å². The van der Waals surface area contributed by atoms with Crippen LogP contribution in [0.25, 0.3) is 0 Å². The lowest BCUT2D eigenvalue weighted by Crippen LogP contribution is -2.36. The molecule has 120 valence electrons. The number of hydrogen-bond acceptors (Lipinski definition) is 3. The van der Waals surface area contributed by atoms with E-state index in [2.05, 4.69) is 59.1 Å². The van der Waals surface area contributed by atoms with Gasteiger partial charge >= 0.3 is 0 Å². The molecule has 0 aliphatic heterocycles. The van der Waals surface area contributed by atoms with Crippen molar-refractivity contribution in [3.05, 3.63) is 29.8 Å². The number of halogens is 1. The fraction of sp³-hybridized carbons (Fsp3) is 0.533. The second-order valence-corrected chi connectivity index (χ2v) is 4.34. The summed E-state index contributed by atoms with van der Waals surface area (Å²) in [5.41, 5.74) is 2.30. The van der Waals surface area contributed by atoms with Crippen LogP contribution in [0.5, 0.6) is 0 Å². The van der Waals surface area contributed by atoms with E-state index in [9.17, 15) is 0 Å². The number of rotatable bonds is 8. The molecule has 0 aliphatic carbocycles. The molecule has 0 bridgehead atoms. The molecule has 0 aromatic heterocycles. The minimum absolute atomic E-state index is 0. The predicted molar refractivity (Wildman–Crippen MR) is 101 cm³/mol. The Morgan fingerprint density at radius 1 is 1.10 bits per heavy atom. The smallest absolute Gasteiger partial charge is 0.191 e. The van der Waals surface area contributed by atoms with Crippen LogP contribution in [0.3, 0.4) is 0 Å². The van der Waals surface area contributed by atoms with Gasteiger partial charge in [0.15, 0.2) is 5.96 Å². The summed E-state index contributed by atoms with van der Waals surface area (Å²) in [4.78, 5) is 4.53. The highest BCUT2D eigenvalue weighted by Gasteiger charge is 1.96. The van der Waals surface area contributed by atoms with E-state index < -0.39 is 0 Å². The molecular formula is C15H27IN4O. The van der Waals surface area contributed by atoms with E-state index in [0.29, 0.717) is 13.2 Å². The van der Waals surface area contributed by atoms with Crippen LogP contribution < -0.4 is 16.0 Å². The molecule has 0 heterocycles. The molecule has 0 amide bonds. The maximum Gasteiger partial charge on any atom is 0.191 e. The highest BCUT2D eigenvalue weighted by Crippen LogP contribution is 2.10. The van der Waals surface area contributed by atoms with Gasteiger partial charge in [0, 0.05) is 32.4 Å². The van der Waals surface area contributed by atoms with Gasteiger partial charge in [-0.2, -0.15) is 0 Å². The topological polar surface area (TPSA) is 57.7 Å². The first-order chi connectivity index (χ1) is 9.80. The SMILES string of the molecule is CCNC(=NCc1ccc(NCCOC)cc1)NCC.I. The van der Waals surface area contributed by atoms with Crippen molar-refractivity contribution in [1.82, 2.24) is 10.6 Å². The number of nitrogens with one attached hydrogen (secondary N) is 3. The van der Waals surface area contributed by atoms with Gasteiger partial charge in [-0.15, -0.1) is 24.0 Å². The summed E-state index contributed by atoms with van der Waals surface area (Å²) in [5, 5.41) is 9.72. The fourth-order valence-corrected chi connectivity index (χ4v) is 1.70. The highest BCUT2D eigenvalue weighted by atomic mass is 127. The Hall–Kier alpha value is -1.02. The number of aliphatic imine (C=N–C) groups is 1. The maximum atomic E-state index is 5.00. The number of hydrogen-bond donors (Lipinski definition) is 3. The summed E-state index contributed by atoms with van der Waals surface area (Å²) in [6, 6.07) is 8.32. The summed E-state index contributed by atoms with van der Waals surface area (Å²) in [6.45, 7) is 8.07. The number of guanidine groups is 1. The summed E-state index contributed by atoms with van der Waals surface area (Å²) < 4.78 is 5.00. The van der Waals surface area contributed by atoms with Crippen LogP contribution in [-0.4, -0.2) is 39.3 Å². The van der Waals surface area contributed by atoms with Crippen molar-refractivity contribution in [2.75, 3.05) is 38.7 Å². The molecule has 1 rings (SSSR count). The lowest BCUT2D eigenvalue weighted by Gasteiger charge is -2.09. The van der Waals surface area contributed by atoms with E-state index in [4.69, 9.17) is 4.74 Å². The van der Waals surface area contributed by atoms with E-state index in [-0.39, 0.29) is 24.0 Å². The van der Waals surface area contributed by atoms with Crippen molar-refractivity contribution in [1.29, 1.82) is 0 Å². The molecule has 0 unspecified atom stereocenters. The molecule has 0 spiro atoms. The highest BCUT2D eigenvalue weighted by molar-refractivity contribution is 14.0. The largest absolute Gasteiger partial charge is 0.383 e. The molecule has 0 radical (unpaired) electrons. The van der Waals surface area contributed by atoms with Gasteiger partial charge in [-0.3, -0.25) is 0 Å². The Labute approximate surface area is 145 Å². The molecule has 5 nitrogen and oxygen atoms in total. The van der Waals surface area contributed by atoms with Gasteiger partial charge in [0.2, 0.25) is 0 Å². The average Bonchev–Trinajstić information content (AvgIpc) is 2.47. The van der Waals surface area contributed by atoms with E-state index in [0.717, 1.165) is 31.3 Å². The second kappa shape index (κ2) is 12.7. The molecule has 1 aromatic rings. The molecule has 21 heavy (non-hydrogen) atoms. The van der Waals surface area contributed by atoms with Crippen LogP contribution in [-0.2, 0) is 11.3 Å². The third-order valence-corrected chi connectivity index (χ3v) is 2.70. The fourth-order valence-electron chi connectivity index (χ4n) is 1.70. The normalized spacial score (nSPS) is 9.48. The van der Waals surface area contributed by atoms with Gasteiger partial charge in [-0.25, -0.2) is 4.99 Å². The minimum Gasteiger partial charge on any atom is -0.383 e. The van der Waals surface area contributed by atoms with E-state index in [1.54, 1.807) is 7.11 Å². The molecule has 0 saturated heterocycles. The zero-order valence-corrected chi connectivity index (χ0v) is 15.4. The lowest BCUT2D eigenvalue weighted by molar-refractivity contribution is 0.211. The molecular weight excluding hydrogens is 379 g/mol. The average molecular weight is 406 g/mol. The van der Waals surface area contributed by atoms with Gasteiger partial charge in [-0.1, -0.05) is 12.1 Å². The number of benzene rings is 1. The van der Waals surface area contributed by atoms with Gasteiger partial charge < -0.3 is 20.7 Å². The molecule has 0 fully saturated rings. The van der Waals surface area contributed by atoms with E-state index in [1.807, 2.05) is 0 Å². The van der Waals surface area contributed by atoms with Crippen molar-refractivity contribution >= 4 is 35.6 Å². The molecule has 6 heteroatoms. The van der Waals surface area contributed by atoms with Crippen LogP contribution in [0.2, 0.25) is 0 Å². The Kier molecular flexibility index (Phi) is 12.1. The van der Waals surface area contributed by atoms with Crippen molar-refractivity contribution < 1.29 is 4.74 Å². The van der Waals surface area contributed by atoms with Gasteiger partial charge in [0.1, 0.15) is 0 Å². The summed E-state index contributed by atoms with van der Waals surface area (Å²) in [5.74, 6) is 0.859. The molecule has 3 N–H and O–H groups in total. The summed E-state index contributed by atoms with van der Waals surface area (Å²) >= 11 is 0. The summed E-state index contributed by atoms with van der Waals surface area (Å²) in [6.07, 6.45) is 0. The minimum atomic E-state index is 0. The van der Waals surface area contributed by atoms with Crippen molar-refractivity contribution in [3.8, 4) is 0 Å². The Balaban J connectivity index is 0.00000400. The van der Waals surface area contributed by atoms with Gasteiger partial charge in [0.05, 0.1) is 13.2 Å². The number of anilines is 1. The maximum absolute atomic E-state index is 5.00. The first-order valence-electron chi connectivity index (χ1n) is 7.14. The predicted octanol–water partition coefficient (Wildman–Crippen LogP) is 2.44. The molecule has 0 saturated carbocycles. The van der Waals surface area contributed by atoms with Crippen LogP contribution in [0.15, 0.2) is 29.3 Å². The Bertz CT molecular complexity index is 387. The van der Waals surface area contributed by atoms with Crippen molar-refractivity contribution in [2.45, 2.75) is 20.4 Å². The number of methoxy groups -OCH3 is 1. The van der Waals surface area contributed by atoms with Gasteiger partial charge in [0.25, 0.3) is 0 Å². The van der Waals surface area contributed by atoms with Gasteiger partial charge in [-0.05, 0) is 31.5 Å². The zero-order valence-electron chi connectivity index (χ0n) is 13.1. The monoisotopic (exact) mass is 406 g/mol. The van der Waals surface area contributed by atoms with Crippen LogP contribution in [0, 0.1) is 0 Å². The van der Waals surface area contributed by atoms with Crippen LogP contribution in [0.1, 0.15) is 19.4 Å². The zero-order chi connectivity index (χ0) is 14.6. The summed E-state index contributed by atoms with van der Waals surface area (Å²) in [7, 11) is 1.70. The first kappa shape index (κ1) is 20.0. The van der Waals surface area contributed by atoms with E-state index >= 15 is 0 Å². The first-order valence-corrected chi connectivity index (χ1v) is 7.14. The van der Waals surface area contributed by atoms with Crippen LogP contribution >= 0.6 is 24.0 Å². The molecule has 1 aromatic carbocycles.